The number of amides is 1. The van der Waals surface area contributed by atoms with Gasteiger partial charge in [-0.1, -0.05) is 19.3 Å². The number of phosphoric acid groups is 1. The molecule has 1 aliphatic carbocycles. The van der Waals surface area contributed by atoms with E-state index in [1.807, 2.05) is 0 Å². The molecule has 1 aliphatic rings. The fraction of sp³-hybridized carbons (Fsp3) is 0.895. The van der Waals surface area contributed by atoms with Crippen LogP contribution in [0.4, 0.5) is 4.79 Å². The van der Waals surface area contributed by atoms with Gasteiger partial charge in [-0.05, 0) is 53.9 Å². The summed E-state index contributed by atoms with van der Waals surface area (Å²) in [6.07, 6.45) is 3.97. The second-order valence-electron chi connectivity index (χ2n) is 7.81. The smallest absolute Gasteiger partial charge is 0.444 e. The molecule has 9 heteroatoms. The molecule has 1 rings (SSSR count). The van der Waals surface area contributed by atoms with E-state index in [1.54, 1.807) is 34.6 Å². The molecular weight excluding hydrogens is 383 g/mol. The van der Waals surface area contributed by atoms with Crippen molar-refractivity contribution in [2.45, 2.75) is 84.3 Å². The summed E-state index contributed by atoms with van der Waals surface area (Å²) in [5.74, 6) is 0. The Labute approximate surface area is 169 Å². The van der Waals surface area contributed by atoms with Crippen LogP contribution in [-0.4, -0.2) is 48.5 Å². The Morgan fingerprint density at radius 1 is 1.11 bits per heavy atom. The first kappa shape index (κ1) is 24.9. The molecule has 0 heterocycles. The van der Waals surface area contributed by atoms with E-state index in [0.29, 0.717) is 19.3 Å². The van der Waals surface area contributed by atoms with Crippen molar-refractivity contribution in [2.24, 2.45) is 0 Å². The zero-order valence-electron chi connectivity index (χ0n) is 17.9. The Balaban J connectivity index is 2.82. The summed E-state index contributed by atoms with van der Waals surface area (Å²) in [7, 11) is -3.59. The van der Waals surface area contributed by atoms with E-state index in [0.717, 1.165) is 19.3 Å². The average Bonchev–Trinajstić information content (AvgIpc) is 2.61. The third kappa shape index (κ3) is 7.71. The van der Waals surface area contributed by atoms with Crippen molar-refractivity contribution in [2.75, 3.05) is 26.4 Å². The first-order chi connectivity index (χ1) is 13.1. The third-order valence-corrected chi connectivity index (χ3v) is 6.02. The molecule has 0 aromatic heterocycles. The number of nitrogens with zero attached hydrogens (tertiary/aromatic N) is 2. The predicted molar refractivity (Wildman–Crippen MR) is 106 cm³/mol. The van der Waals surface area contributed by atoms with E-state index >= 15 is 0 Å². The molecule has 162 valence electrons. The normalized spacial score (nSPS) is 17.0. The topological polar surface area (TPSA) is 98.1 Å². The molecule has 0 spiro atoms. The first-order valence-corrected chi connectivity index (χ1v) is 11.5. The van der Waals surface area contributed by atoms with E-state index in [-0.39, 0.29) is 26.4 Å². The Bertz CT molecular complexity index is 568. The number of rotatable bonds is 10. The van der Waals surface area contributed by atoms with Crippen molar-refractivity contribution in [3.63, 3.8) is 0 Å². The molecule has 0 atom stereocenters. The van der Waals surface area contributed by atoms with Crippen LogP contribution in [-0.2, 0) is 22.9 Å². The molecule has 0 radical (unpaired) electrons. The molecule has 0 bridgehead atoms. The van der Waals surface area contributed by atoms with Gasteiger partial charge in [0.15, 0.2) is 0 Å². The van der Waals surface area contributed by atoms with Gasteiger partial charge in [-0.2, -0.15) is 5.26 Å². The van der Waals surface area contributed by atoms with Crippen molar-refractivity contribution in [1.82, 2.24) is 4.90 Å². The van der Waals surface area contributed by atoms with Crippen LogP contribution in [0.15, 0.2) is 0 Å². The number of hydrogen-bond donors (Lipinski definition) is 0. The first-order valence-electron chi connectivity index (χ1n) is 10.1. The molecule has 1 fully saturated rings. The number of nitriles is 1. The number of carbonyl (C=O) groups is 1. The summed E-state index contributed by atoms with van der Waals surface area (Å²) < 4.78 is 33.5. The molecule has 8 nitrogen and oxygen atoms in total. The highest BCUT2D eigenvalue weighted by Crippen LogP contribution is 2.49. The monoisotopic (exact) mass is 418 g/mol. The maximum Gasteiger partial charge on any atom is 0.474 e. The lowest BCUT2D eigenvalue weighted by molar-refractivity contribution is -0.00148. The molecule has 0 aromatic carbocycles. The van der Waals surface area contributed by atoms with E-state index in [4.69, 9.17) is 18.3 Å². The lowest BCUT2D eigenvalue weighted by Crippen LogP contribution is -2.54. The predicted octanol–water partition coefficient (Wildman–Crippen LogP) is 5.04. The van der Waals surface area contributed by atoms with Crippen LogP contribution >= 0.6 is 7.82 Å². The lowest BCUT2D eigenvalue weighted by atomic mass is 9.81. The number of phosphoric ester groups is 1. The average molecular weight is 418 g/mol. The van der Waals surface area contributed by atoms with Crippen LogP contribution in [0.1, 0.15) is 73.1 Å². The van der Waals surface area contributed by atoms with E-state index in [9.17, 15) is 14.6 Å². The molecular formula is C19H35N2O6P. The van der Waals surface area contributed by atoms with E-state index in [1.165, 1.54) is 4.90 Å². The second kappa shape index (κ2) is 11.2. The zero-order chi connectivity index (χ0) is 21.3. The highest BCUT2D eigenvalue weighted by Gasteiger charge is 2.42. The highest BCUT2D eigenvalue weighted by molar-refractivity contribution is 7.48. The molecule has 0 aromatic rings. The van der Waals surface area contributed by atoms with Gasteiger partial charge in [0.25, 0.3) is 0 Å². The van der Waals surface area contributed by atoms with Gasteiger partial charge in [0.1, 0.15) is 11.1 Å². The Hall–Kier alpha value is -1.13. The van der Waals surface area contributed by atoms with Crippen molar-refractivity contribution in [3.8, 4) is 6.07 Å². The van der Waals surface area contributed by atoms with Gasteiger partial charge in [0, 0.05) is 6.54 Å². The summed E-state index contributed by atoms with van der Waals surface area (Å²) in [5, 5.41) is 9.87. The highest BCUT2D eigenvalue weighted by atomic mass is 31.2. The summed E-state index contributed by atoms with van der Waals surface area (Å²) in [6.45, 7) is 9.57. The van der Waals surface area contributed by atoms with Crippen LogP contribution in [0.3, 0.4) is 0 Å². The standard InChI is InChI=1S/C19H35N2O6P/c1-6-24-28(23,25-7-2)26-15-11-14-21(17(22)27-18(3,4)5)19(16-20)12-9-8-10-13-19/h6-15H2,1-5H3. The second-order valence-corrected chi connectivity index (χ2v) is 9.47. The van der Waals surface area contributed by atoms with Crippen LogP contribution in [0.2, 0.25) is 0 Å². The number of ether oxygens (including phenoxy) is 1. The van der Waals surface area contributed by atoms with Gasteiger partial charge in [0.05, 0.1) is 25.9 Å². The molecule has 28 heavy (non-hydrogen) atoms. The number of carbonyl (C=O) groups excluding carboxylic acids is 1. The van der Waals surface area contributed by atoms with Crippen LogP contribution < -0.4 is 0 Å². The molecule has 0 aliphatic heterocycles. The Morgan fingerprint density at radius 2 is 1.68 bits per heavy atom. The van der Waals surface area contributed by atoms with Gasteiger partial charge in [-0.25, -0.2) is 9.36 Å². The SMILES string of the molecule is CCOP(=O)(OCC)OCCCN(C(=O)OC(C)(C)C)C1(C#N)CCCCC1. The summed E-state index contributed by atoms with van der Waals surface area (Å²) in [4.78, 5) is 14.3. The summed E-state index contributed by atoms with van der Waals surface area (Å²) in [6, 6.07) is 2.36. The zero-order valence-corrected chi connectivity index (χ0v) is 18.8. The van der Waals surface area contributed by atoms with Crippen molar-refractivity contribution in [1.29, 1.82) is 5.26 Å². The Kier molecular flexibility index (Phi) is 9.92. The molecule has 1 amide bonds. The van der Waals surface area contributed by atoms with E-state index < -0.39 is 25.1 Å². The minimum absolute atomic E-state index is 0.0814. The van der Waals surface area contributed by atoms with Crippen molar-refractivity contribution < 1.29 is 27.7 Å². The Morgan fingerprint density at radius 3 is 2.14 bits per heavy atom. The molecule has 0 unspecified atom stereocenters. The van der Waals surface area contributed by atoms with Crippen LogP contribution in [0.5, 0.6) is 0 Å². The minimum atomic E-state index is -3.59. The van der Waals surface area contributed by atoms with Gasteiger partial charge >= 0.3 is 13.9 Å². The maximum absolute atomic E-state index is 12.8. The summed E-state index contributed by atoms with van der Waals surface area (Å²) >= 11 is 0. The van der Waals surface area contributed by atoms with Crippen molar-refractivity contribution in [3.05, 3.63) is 0 Å². The third-order valence-electron chi connectivity index (χ3n) is 4.37. The molecule has 0 N–H and O–H groups in total. The van der Waals surface area contributed by atoms with Gasteiger partial charge in [-0.3, -0.25) is 18.5 Å². The fourth-order valence-corrected chi connectivity index (χ4v) is 4.41. The van der Waals surface area contributed by atoms with Gasteiger partial charge < -0.3 is 4.74 Å². The quantitative estimate of drug-likeness (QED) is 0.362. The largest absolute Gasteiger partial charge is 0.474 e. The van der Waals surface area contributed by atoms with Gasteiger partial charge in [0.2, 0.25) is 0 Å². The van der Waals surface area contributed by atoms with Gasteiger partial charge in [-0.15, -0.1) is 0 Å². The van der Waals surface area contributed by atoms with Crippen molar-refractivity contribution >= 4 is 13.9 Å². The molecule has 1 saturated carbocycles. The van der Waals surface area contributed by atoms with E-state index in [2.05, 4.69) is 6.07 Å². The maximum atomic E-state index is 12.8. The fourth-order valence-electron chi connectivity index (χ4n) is 3.20. The minimum Gasteiger partial charge on any atom is -0.444 e. The number of hydrogen-bond acceptors (Lipinski definition) is 7. The lowest BCUT2D eigenvalue weighted by Gasteiger charge is -2.41. The van der Waals surface area contributed by atoms with Crippen LogP contribution in [0, 0.1) is 11.3 Å². The summed E-state index contributed by atoms with van der Waals surface area (Å²) in [5.41, 5.74) is -1.53. The van der Waals surface area contributed by atoms with Crippen LogP contribution in [0.25, 0.3) is 0 Å². The molecule has 0 saturated heterocycles.